The van der Waals surface area contributed by atoms with Crippen molar-refractivity contribution in [3.63, 3.8) is 0 Å². The molecule has 0 bridgehead atoms. The maximum Gasteiger partial charge on any atom is 0.255 e. The second-order valence-corrected chi connectivity index (χ2v) is 7.88. The van der Waals surface area contributed by atoms with Gasteiger partial charge in [0.2, 0.25) is 12.3 Å². The van der Waals surface area contributed by atoms with Crippen LogP contribution in [0.15, 0.2) is 77.2 Å². The van der Waals surface area contributed by atoms with Gasteiger partial charge in [0.05, 0.1) is 24.6 Å². The van der Waals surface area contributed by atoms with Crippen molar-refractivity contribution in [1.29, 1.82) is 0 Å². The second-order valence-electron chi connectivity index (χ2n) is 7.88. The van der Waals surface area contributed by atoms with E-state index in [-0.39, 0.29) is 5.91 Å². The fourth-order valence-electron chi connectivity index (χ4n) is 3.74. The van der Waals surface area contributed by atoms with Crippen LogP contribution in [0.25, 0.3) is 11.0 Å². The van der Waals surface area contributed by atoms with E-state index in [1.54, 1.807) is 55.6 Å². The lowest BCUT2D eigenvalue weighted by molar-refractivity contribution is -0.107. The number of ether oxygens (including phenoxy) is 2. The van der Waals surface area contributed by atoms with E-state index in [9.17, 15) is 9.59 Å². The van der Waals surface area contributed by atoms with Crippen LogP contribution in [0.5, 0.6) is 5.75 Å². The van der Waals surface area contributed by atoms with Gasteiger partial charge in [-0.15, -0.1) is 0 Å². The number of nitrogens with zero attached hydrogens (tertiary/aromatic N) is 1. The molecule has 2 amide bonds. The summed E-state index contributed by atoms with van der Waals surface area (Å²) in [4.78, 5) is 25.8. The number of anilines is 3. The Hall–Kier alpha value is -4.30. The number of furan rings is 1. The molecular weight excluding hydrogens is 446 g/mol. The van der Waals surface area contributed by atoms with Gasteiger partial charge in [-0.05, 0) is 48.9 Å². The van der Waals surface area contributed by atoms with Gasteiger partial charge in [0.25, 0.3) is 5.91 Å². The molecule has 0 spiro atoms. The Labute approximate surface area is 203 Å². The van der Waals surface area contributed by atoms with E-state index in [1.807, 2.05) is 24.3 Å². The summed E-state index contributed by atoms with van der Waals surface area (Å²) in [7, 11) is 1.61. The molecule has 4 aromatic rings. The first-order valence-electron chi connectivity index (χ1n) is 11.2. The monoisotopic (exact) mass is 473 g/mol. The Bertz CT molecular complexity index is 1300. The van der Waals surface area contributed by atoms with E-state index in [4.69, 9.17) is 19.6 Å². The van der Waals surface area contributed by atoms with Crippen LogP contribution >= 0.6 is 0 Å². The number of methoxy groups -OCH3 is 1. The summed E-state index contributed by atoms with van der Waals surface area (Å²) in [5.74, 6) is 0.855. The van der Waals surface area contributed by atoms with Gasteiger partial charge >= 0.3 is 0 Å². The standard InChI is InChI=1S/C27H27N3O5/c1-33-17-22-21-7-2-5-10-25(21)35-27(22)30(18-31)15-6-16-34-20-13-11-19(12-14-20)26(32)29-24-9-4-3-8-23(24)28/h2-5,7-14,18H,6,15-17,28H2,1H3,(H,29,32). The number of benzene rings is 3. The molecule has 1 aromatic heterocycles. The molecule has 0 aliphatic carbocycles. The van der Waals surface area contributed by atoms with E-state index < -0.39 is 0 Å². The first-order valence-corrected chi connectivity index (χ1v) is 11.2. The van der Waals surface area contributed by atoms with Crippen LogP contribution in [-0.4, -0.2) is 32.6 Å². The highest BCUT2D eigenvalue weighted by Crippen LogP contribution is 2.32. The normalized spacial score (nSPS) is 10.8. The van der Waals surface area contributed by atoms with Crippen LogP contribution in [0.4, 0.5) is 17.3 Å². The van der Waals surface area contributed by atoms with Crippen molar-refractivity contribution in [2.45, 2.75) is 13.0 Å². The van der Waals surface area contributed by atoms with Gasteiger partial charge in [0, 0.05) is 30.2 Å². The van der Waals surface area contributed by atoms with E-state index in [2.05, 4.69) is 5.32 Å². The zero-order chi connectivity index (χ0) is 24.6. The molecule has 8 heteroatoms. The number of nitrogen functional groups attached to an aromatic ring is 1. The summed E-state index contributed by atoms with van der Waals surface area (Å²) >= 11 is 0. The van der Waals surface area contributed by atoms with Crippen LogP contribution in [0, 0.1) is 0 Å². The van der Waals surface area contributed by atoms with Crippen molar-refractivity contribution < 1.29 is 23.5 Å². The fraction of sp³-hybridized carbons (Fsp3) is 0.185. The molecule has 35 heavy (non-hydrogen) atoms. The van der Waals surface area contributed by atoms with Gasteiger partial charge in [0.15, 0.2) is 0 Å². The van der Waals surface area contributed by atoms with Crippen molar-refractivity contribution in [3.05, 3.63) is 83.9 Å². The molecule has 3 aromatic carbocycles. The average molecular weight is 474 g/mol. The molecule has 180 valence electrons. The van der Waals surface area contributed by atoms with Crippen molar-refractivity contribution in [1.82, 2.24) is 0 Å². The molecule has 0 saturated carbocycles. The number of rotatable bonds is 11. The first-order chi connectivity index (χ1) is 17.1. The lowest BCUT2D eigenvalue weighted by Crippen LogP contribution is -2.24. The van der Waals surface area contributed by atoms with Crippen molar-refractivity contribution in [3.8, 4) is 5.75 Å². The Morgan fingerprint density at radius 2 is 1.80 bits per heavy atom. The molecule has 0 aliphatic rings. The number of carbonyl (C=O) groups excluding carboxylic acids is 2. The van der Waals surface area contributed by atoms with Crippen LogP contribution in [0.1, 0.15) is 22.3 Å². The Morgan fingerprint density at radius 1 is 1.06 bits per heavy atom. The summed E-state index contributed by atoms with van der Waals surface area (Å²) in [6.45, 7) is 1.14. The topological polar surface area (TPSA) is 107 Å². The number of nitrogens with one attached hydrogen (secondary N) is 1. The van der Waals surface area contributed by atoms with Crippen LogP contribution in [0.3, 0.4) is 0 Å². The third-order valence-electron chi connectivity index (χ3n) is 5.49. The summed E-state index contributed by atoms with van der Waals surface area (Å²) in [6, 6.07) is 21.5. The van der Waals surface area contributed by atoms with Crippen molar-refractivity contribution >= 4 is 40.5 Å². The van der Waals surface area contributed by atoms with E-state index in [0.29, 0.717) is 60.3 Å². The lowest BCUT2D eigenvalue weighted by Gasteiger charge is -2.16. The minimum Gasteiger partial charge on any atom is -0.494 e. The predicted octanol–water partition coefficient (Wildman–Crippen LogP) is 4.85. The number of hydrogen-bond acceptors (Lipinski definition) is 6. The SMILES string of the molecule is COCc1c(N(C=O)CCCOc2ccc(C(=O)Nc3ccccc3N)cc2)oc2ccccc12. The van der Waals surface area contributed by atoms with Gasteiger partial charge in [0.1, 0.15) is 11.3 Å². The maximum absolute atomic E-state index is 12.5. The number of para-hydroxylation sites is 3. The highest BCUT2D eigenvalue weighted by Gasteiger charge is 2.19. The maximum atomic E-state index is 12.5. The largest absolute Gasteiger partial charge is 0.494 e. The highest BCUT2D eigenvalue weighted by molar-refractivity contribution is 6.05. The highest BCUT2D eigenvalue weighted by atomic mass is 16.5. The summed E-state index contributed by atoms with van der Waals surface area (Å²) in [5, 5.41) is 3.72. The summed E-state index contributed by atoms with van der Waals surface area (Å²) in [6.07, 6.45) is 1.33. The Kier molecular flexibility index (Phi) is 7.64. The van der Waals surface area contributed by atoms with Crippen molar-refractivity contribution in [2.75, 3.05) is 36.2 Å². The number of carbonyl (C=O) groups is 2. The second kappa shape index (κ2) is 11.2. The summed E-state index contributed by atoms with van der Waals surface area (Å²) in [5.41, 5.74) is 8.98. The molecule has 0 unspecified atom stereocenters. The molecule has 1 heterocycles. The van der Waals surface area contributed by atoms with Gasteiger partial charge in [-0.3, -0.25) is 14.5 Å². The summed E-state index contributed by atoms with van der Waals surface area (Å²) < 4.78 is 17.0. The van der Waals surface area contributed by atoms with E-state index in [0.717, 1.165) is 17.4 Å². The molecule has 0 atom stereocenters. The van der Waals surface area contributed by atoms with Gasteiger partial charge < -0.3 is 24.9 Å². The quantitative estimate of drug-likeness (QED) is 0.183. The van der Waals surface area contributed by atoms with Gasteiger partial charge in [-0.2, -0.15) is 0 Å². The zero-order valence-corrected chi connectivity index (χ0v) is 19.4. The number of amides is 2. The van der Waals surface area contributed by atoms with Crippen LogP contribution < -0.4 is 20.7 Å². The average Bonchev–Trinajstić information content (AvgIpc) is 3.24. The lowest BCUT2D eigenvalue weighted by atomic mass is 10.1. The molecule has 4 rings (SSSR count). The number of hydrogen-bond donors (Lipinski definition) is 2. The Balaban J connectivity index is 1.32. The van der Waals surface area contributed by atoms with E-state index >= 15 is 0 Å². The van der Waals surface area contributed by atoms with Crippen LogP contribution in [0.2, 0.25) is 0 Å². The van der Waals surface area contributed by atoms with Crippen molar-refractivity contribution in [2.24, 2.45) is 0 Å². The van der Waals surface area contributed by atoms with Gasteiger partial charge in [-0.25, -0.2) is 0 Å². The fourth-order valence-corrected chi connectivity index (χ4v) is 3.74. The zero-order valence-electron chi connectivity index (χ0n) is 19.4. The molecule has 0 radical (unpaired) electrons. The predicted molar refractivity (Wildman–Crippen MR) is 136 cm³/mol. The minimum atomic E-state index is -0.256. The molecule has 0 fully saturated rings. The first kappa shape index (κ1) is 23.8. The Morgan fingerprint density at radius 3 is 2.54 bits per heavy atom. The third-order valence-corrected chi connectivity index (χ3v) is 5.49. The third kappa shape index (κ3) is 5.62. The smallest absolute Gasteiger partial charge is 0.255 e. The molecular formula is C27H27N3O5. The molecule has 0 aliphatic heterocycles. The molecule has 8 nitrogen and oxygen atoms in total. The van der Waals surface area contributed by atoms with Crippen LogP contribution in [-0.2, 0) is 16.1 Å². The van der Waals surface area contributed by atoms with Gasteiger partial charge in [-0.1, -0.05) is 30.3 Å². The minimum absolute atomic E-state index is 0.256. The van der Waals surface area contributed by atoms with E-state index in [1.165, 1.54) is 4.90 Å². The molecule has 0 saturated heterocycles. The number of fused-ring (bicyclic) bond motifs is 1. The molecule has 3 N–H and O–H groups in total. The number of nitrogens with two attached hydrogens (primary N) is 1.